The van der Waals surface area contributed by atoms with Crippen LogP contribution in [0.4, 0.5) is 5.69 Å². The molecule has 20 heavy (non-hydrogen) atoms. The summed E-state index contributed by atoms with van der Waals surface area (Å²) >= 11 is 0. The first kappa shape index (κ1) is 12.9. The molecule has 1 aliphatic rings. The van der Waals surface area contributed by atoms with Gasteiger partial charge in [-0.15, -0.1) is 0 Å². The van der Waals surface area contributed by atoms with E-state index >= 15 is 0 Å². The first-order valence-electron chi connectivity index (χ1n) is 6.77. The van der Waals surface area contributed by atoms with E-state index in [0.717, 1.165) is 43.3 Å². The van der Waals surface area contributed by atoms with E-state index in [2.05, 4.69) is 4.90 Å². The van der Waals surface area contributed by atoms with Gasteiger partial charge in [0.25, 0.3) is 0 Å². The Hall–Kier alpha value is -2.07. The molecule has 1 aromatic heterocycles. The summed E-state index contributed by atoms with van der Waals surface area (Å²) in [4.78, 5) is 13.9. The van der Waals surface area contributed by atoms with Crippen LogP contribution < -0.4 is 4.90 Å². The summed E-state index contributed by atoms with van der Waals surface area (Å²) in [6.45, 7) is 4.74. The molecular weight excluding hydrogens is 254 g/mol. The van der Waals surface area contributed by atoms with Crippen LogP contribution in [-0.2, 0) is 4.74 Å². The quantitative estimate of drug-likeness (QED) is 0.805. The number of hydrogen-bond donors (Lipinski definition) is 0. The van der Waals surface area contributed by atoms with Gasteiger partial charge in [-0.25, -0.2) is 0 Å². The van der Waals surface area contributed by atoms with E-state index in [-0.39, 0.29) is 5.78 Å². The number of carbonyl (C=O) groups is 1. The molecule has 0 atom stereocenters. The molecule has 0 aliphatic carbocycles. The molecule has 2 heterocycles. The van der Waals surface area contributed by atoms with E-state index in [1.54, 1.807) is 13.2 Å². The van der Waals surface area contributed by atoms with E-state index < -0.39 is 0 Å². The Morgan fingerprint density at radius 3 is 2.65 bits per heavy atom. The normalized spacial score (nSPS) is 15.3. The van der Waals surface area contributed by atoms with E-state index in [9.17, 15) is 4.79 Å². The van der Waals surface area contributed by atoms with Crippen molar-refractivity contribution in [2.75, 3.05) is 31.2 Å². The molecule has 0 N–H and O–H groups in total. The van der Waals surface area contributed by atoms with Gasteiger partial charge in [-0.2, -0.15) is 0 Å². The zero-order valence-electron chi connectivity index (χ0n) is 11.5. The Morgan fingerprint density at radius 1 is 1.20 bits per heavy atom. The van der Waals surface area contributed by atoms with Crippen LogP contribution in [0.1, 0.15) is 17.3 Å². The fourth-order valence-corrected chi connectivity index (χ4v) is 2.46. The van der Waals surface area contributed by atoms with Crippen LogP contribution in [0, 0.1) is 0 Å². The predicted molar refractivity (Wildman–Crippen MR) is 77.2 cm³/mol. The molecule has 0 saturated carbocycles. The van der Waals surface area contributed by atoms with Crippen LogP contribution in [0.15, 0.2) is 41.0 Å². The van der Waals surface area contributed by atoms with Gasteiger partial charge in [0.1, 0.15) is 5.76 Å². The summed E-state index contributed by atoms with van der Waals surface area (Å²) in [5.74, 6) is 0.848. The van der Waals surface area contributed by atoms with Gasteiger partial charge in [-0.3, -0.25) is 4.79 Å². The maximum Gasteiger partial charge on any atom is 0.159 e. The highest BCUT2D eigenvalue weighted by Crippen LogP contribution is 2.32. The molecule has 1 aromatic carbocycles. The van der Waals surface area contributed by atoms with Gasteiger partial charge in [0.05, 0.1) is 19.5 Å². The number of rotatable bonds is 3. The molecule has 0 unspecified atom stereocenters. The number of ketones is 1. The molecule has 0 radical (unpaired) electrons. The van der Waals surface area contributed by atoms with Gasteiger partial charge in [-0.1, -0.05) is 0 Å². The van der Waals surface area contributed by atoms with Gasteiger partial charge in [0.2, 0.25) is 0 Å². The van der Waals surface area contributed by atoms with E-state index in [1.807, 2.05) is 30.3 Å². The molecular formula is C16H17NO3. The van der Waals surface area contributed by atoms with Crippen molar-refractivity contribution in [3.63, 3.8) is 0 Å². The average Bonchev–Trinajstić information content (AvgIpc) is 3.01. The van der Waals surface area contributed by atoms with Gasteiger partial charge in [-0.05, 0) is 37.3 Å². The van der Waals surface area contributed by atoms with Crippen LogP contribution in [0.3, 0.4) is 0 Å². The Kier molecular flexibility index (Phi) is 3.56. The summed E-state index contributed by atoms with van der Waals surface area (Å²) in [7, 11) is 0. The fourth-order valence-electron chi connectivity index (χ4n) is 2.46. The molecule has 1 aliphatic heterocycles. The third-order valence-corrected chi connectivity index (χ3v) is 3.54. The molecule has 4 nitrogen and oxygen atoms in total. The smallest absolute Gasteiger partial charge is 0.159 e. The maximum absolute atomic E-state index is 11.6. The minimum absolute atomic E-state index is 0.0614. The second-order valence-electron chi connectivity index (χ2n) is 4.86. The minimum atomic E-state index is 0.0614. The summed E-state index contributed by atoms with van der Waals surface area (Å²) in [6.07, 6.45) is 1.65. The lowest BCUT2D eigenvalue weighted by molar-refractivity contribution is 0.101. The largest absolute Gasteiger partial charge is 0.464 e. The highest BCUT2D eigenvalue weighted by molar-refractivity contribution is 5.96. The number of Topliss-reactive ketones (excluding diaryl/α,β-unsaturated/α-hetero) is 1. The Labute approximate surface area is 118 Å². The monoisotopic (exact) mass is 271 g/mol. The Balaban J connectivity index is 2.06. The molecule has 1 saturated heterocycles. The topological polar surface area (TPSA) is 42.7 Å². The number of nitrogens with zero attached hydrogens (tertiary/aromatic N) is 1. The maximum atomic E-state index is 11.6. The molecule has 0 amide bonds. The number of hydrogen-bond acceptors (Lipinski definition) is 4. The number of ether oxygens (including phenoxy) is 1. The lowest BCUT2D eigenvalue weighted by atomic mass is 10.0. The van der Waals surface area contributed by atoms with Crippen molar-refractivity contribution in [1.29, 1.82) is 0 Å². The fraction of sp³-hybridized carbons (Fsp3) is 0.312. The summed E-state index contributed by atoms with van der Waals surface area (Å²) < 4.78 is 10.9. The second-order valence-corrected chi connectivity index (χ2v) is 4.86. The number of morpholine rings is 1. The molecule has 4 heteroatoms. The molecule has 1 fully saturated rings. The van der Waals surface area contributed by atoms with Gasteiger partial charge >= 0.3 is 0 Å². The van der Waals surface area contributed by atoms with Crippen LogP contribution in [0.25, 0.3) is 11.3 Å². The van der Waals surface area contributed by atoms with Crippen molar-refractivity contribution in [2.45, 2.75) is 6.92 Å². The summed E-state index contributed by atoms with van der Waals surface area (Å²) in [5.41, 5.74) is 2.76. The number of furan rings is 1. The standard InChI is InChI=1S/C16H17NO3/c1-12(18)13-4-5-15(17-6-9-19-10-7-17)14(11-13)16-3-2-8-20-16/h2-5,8,11H,6-7,9-10H2,1H3. The van der Waals surface area contributed by atoms with Gasteiger partial charge < -0.3 is 14.1 Å². The number of anilines is 1. The van der Waals surface area contributed by atoms with Crippen LogP contribution >= 0.6 is 0 Å². The van der Waals surface area contributed by atoms with Crippen molar-refractivity contribution >= 4 is 11.5 Å². The van der Waals surface area contributed by atoms with Gasteiger partial charge in [0, 0.05) is 29.9 Å². The summed E-state index contributed by atoms with van der Waals surface area (Å²) in [6, 6.07) is 9.56. The second kappa shape index (κ2) is 5.51. The van der Waals surface area contributed by atoms with E-state index in [0.29, 0.717) is 5.56 Å². The lowest BCUT2D eigenvalue weighted by Crippen LogP contribution is -2.36. The van der Waals surface area contributed by atoms with Crippen LogP contribution in [0.5, 0.6) is 0 Å². The van der Waals surface area contributed by atoms with Crippen molar-refractivity contribution in [2.24, 2.45) is 0 Å². The van der Waals surface area contributed by atoms with E-state index in [4.69, 9.17) is 9.15 Å². The molecule has 0 spiro atoms. The summed E-state index contributed by atoms with van der Waals surface area (Å²) in [5, 5.41) is 0. The average molecular weight is 271 g/mol. The Morgan fingerprint density at radius 2 is 2.00 bits per heavy atom. The van der Waals surface area contributed by atoms with Gasteiger partial charge in [0.15, 0.2) is 5.78 Å². The SMILES string of the molecule is CC(=O)c1ccc(N2CCOCC2)c(-c2ccco2)c1. The molecule has 3 rings (SSSR count). The molecule has 0 bridgehead atoms. The molecule has 2 aromatic rings. The first-order valence-corrected chi connectivity index (χ1v) is 6.77. The third kappa shape index (κ3) is 2.47. The number of carbonyl (C=O) groups excluding carboxylic acids is 1. The zero-order chi connectivity index (χ0) is 13.9. The van der Waals surface area contributed by atoms with Crippen molar-refractivity contribution in [3.8, 4) is 11.3 Å². The van der Waals surface area contributed by atoms with Crippen molar-refractivity contribution in [1.82, 2.24) is 0 Å². The van der Waals surface area contributed by atoms with Crippen LogP contribution in [-0.4, -0.2) is 32.1 Å². The Bertz CT molecular complexity index is 598. The zero-order valence-corrected chi connectivity index (χ0v) is 11.5. The predicted octanol–water partition coefficient (Wildman–Crippen LogP) is 2.99. The highest BCUT2D eigenvalue weighted by atomic mass is 16.5. The van der Waals surface area contributed by atoms with Crippen LogP contribution in [0.2, 0.25) is 0 Å². The number of benzene rings is 1. The highest BCUT2D eigenvalue weighted by Gasteiger charge is 2.18. The van der Waals surface area contributed by atoms with E-state index in [1.165, 1.54) is 0 Å². The van der Waals surface area contributed by atoms with Crippen molar-refractivity contribution < 1.29 is 13.9 Å². The minimum Gasteiger partial charge on any atom is -0.464 e. The van der Waals surface area contributed by atoms with Crippen molar-refractivity contribution in [3.05, 3.63) is 42.2 Å². The lowest BCUT2D eigenvalue weighted by Gasteiger charge is -2.30. The molecule has 104 valence electrons. The third-order valence-electron chi connectivity index (χ3n) is 3.54. The first-order chi connectivity index (χ1) is 9.75.